The van der Waals surface area contributed by atoms with Crippen molar-refractivity contribution in [3.63, 3.8) is 0 Å². The molecule has 8 heteroatoms. The summed E-state index contributed by atoms with van der Waals surface area (Å²) in [5.74, 6) is 0.440. The maximum atomic E-state index is 13.4. The first-order chi connectivity index (χ1) is 18.1. The van der Waals surface area contributed by atoms with Crippen molar-refractivity contribution in [2.24, 2.45) is 0 Å². The Hall–Kier alpha value is -4.04. The molecular formula is C29H27FN4O3. The predicted molar refractivity (Wildman–Crippen MR) is 140 cm³/mol. The SMILES string of the molecule is O=c1ccc(OCCCN2CCC(c3noc4cc(F)ccc34)CC2)nn1-c1ccc2ccccc2c1. The van der Waals surface area contributed by atoms with E-state index >= 15 is 0 Å². The molecule has 1 aliphatic rings. The zero-order valence-electron chi connectivity index (χ0n) is 20.3. The molecule has 0 radical (unpaired) electrons. The van der Waals surface area contributed by atoms with Gasteiger partial charge in [0.25, 0.3) is 5.56 Å². The maximum absolute atomic E-state index is 13.4. The summed E-state index contributed by atoms with van der Waals surface area (Å²) < 4.78 is 26.1. The third kappa shape index (κ3) is 4.97. The highest BCUT2D eigenvalue weighted by molar-refractivity contribution is 5.84. The van der Waals surface area contributed by atoms with Crippen LogP contribution < -0.4 is 10.3 Å². The van der Waals surface area contributed by atoms with Crippen LogP contribution in [-0.4, -0.2) is 46.1 Å². The molecule has 1 saturated heterocycles. The molecule has 7 nitrogen and oxygen atoms in total. The molecule has 1 fully saturated rings. The molecule has 2 aromatic heterocycles. The Morgan fingerprint density at radius 2 is 1.81 bits per heavy atom. The van der Waals surface area contributed by atoms with Crippen LogP contribution in [0.5, 0.6) is 5.88 Å². The Morgan fingerprint density at radius 1 is 0.973 bits per heavy atom. The van der Waals surface area contributed by atoms with Crippen LogP contribution in [0.4, 0.5) is 4.39 Å². The Bertz CT molecular complexity index is 1600. The Morgan fingerprint density at radius 3 is 2.68 bits per heavy atom. The predicted octanol–water partition coefficient (Wildman–Crippen LogP) is 5.31. The van der Waals surface area contributed by atoms with Gasteiger partial charge in [-0.05, 0) is 67.4 Å². The maximum Gasteiger partial charge on any atom is 0.271 e. The van der Waals surface area contributed by atoms with Gasteiger partial charge >= 0.3 is 0 Å². The van der Waals surface area contributed by atoms with E-state index < -0.39 is 0 Å². The van der Waals surface area contributed by atoms with Gasteiger partial charge in [-0.1, -0.05) is 35.5 Å². The van der Waals surface area contributed by atoms with E-state index in [9.17, 15) is 9.18 Å². The van der Waals surface area contributed by atoms with Gasteiger partial charge in [-0.3, -0.25) is 4.79 Å². The molecule has 188 valence electrons. The van der Waals surface area contributed by atoms with Gasteiger partial charge < -0.3 is 14.2 Å². The highest BCUT2D eigenvalue weighted by Crippen LogP contribution is 2.32. The number of hydrogen-bond donors (Lipinski definition) is 0. The number of rotatable bonds is 7. The zero-order valence-corrected chi connectivity index (χ0v) is 20.3. The van der Waals surface area contributed by atoms with Gasteiger partial charge in [-0.15, -0.1) is 5.10 Å². The first-order valence-electron chi connectivity index (χ1n) is 12.6. The summed E-state index contributed by atoms with van der Waals surface area (Å²) in [5, 5.41) is 11.7. The van der Waals surface area contributed by atoms with Crippen LogP contribution in [-0.2, 0) is 0 Å². The van der Waals surface area contributed by atoms with Crippen LogP contribution in [0.1, 0.15) is 30.9 Å². The topological polar surface area (TPSA) is 73.4 Å². The normalized spacial score (nSPS) is 14.9. The van der Waals surface area contributed by atoms with Crippen molar-refractivity contribution in [2.75, 3.05) is 26.2 Å². The lowest BCUT2D eigenvalue weighted by Gasteiger charge is -2.31. The minimum Gasteiger partial charge on any atom is -0.477 e. The fraction of sp³-hybridized carbons (Fsp3) is 0.276. The summed E-state index contributed by atoms with van der Waals surface area (Å²) in [7, 11) is 0. The average Bonchev–Trinajstić information content (AvgIpc) is 3.35. The molecule has 0 atom stereocenters. The number of halogens is 1. The molecule has 5 aromatic rings. The molecule has 3 aromatic carbocycles. The number of aromatic nitrogens is 3. The number of piperidine rings is 1. The average molecular weight is 499 g/mol. The van der Waals surface area contributed by atoms with Crippen molar-refractivity contribution in [3.8, 4) is 11.6 Å². The number of hydrogen-bond acceptors (Lipinski definition) is 6. The Balaban J connectivity index is 1.02. The summed E-state index contributed by atoms with van der Waals surface area (Å²) in [4.78, 5) is 14.9. The summed E-state index contributed by atoms with van der Waals surface area (Å²) >= 11 is 0. The lowest BCUT2D eigenvalue weighted by atomic mass is 9.91. The van der Waals surface area contributed by atoms with Crippen molar-refractivity contribution in [1.82, 2.24) is 19.8 Å². The van der Waals surface area contributed by atoms with Crippen molar-refractivity contribution < 1.29 is 13.7 Å². The van der Waals surface area contributed by atoms with E-state index in [4.69, 9.17) is 9.26 Å². The minimum absolute atomic E-state index is 0.199. The van der Waals surface area contributed by atoms with E-state index in [1.165, 1.54) is 22.9 Å². The first-order valence-corrected chi connectivity index (χ1v) is 12.6. The number of fused-ring (bicyclic) bond motifs is 2. The van der Waals surface area contributed by atoms with Gasteiger partial charge in [0.1, 0.15) is 5.82 Å². The minimum atomic E-state index is -0.310. The van der Waals surface area contributed by atoms with Crippen LogP contribution >= 0.6 is 0 Å². The highest BCUT2D eigenvalue weighted by atomic mass is 19.1. The number of benzene rings is 3. The second kappa shape index (κ2) is 10.1. The van der Waals surface area contributed by atoms with Crippen LogP contribution in [0.25, 0.3) is 27.4 Å². The molecule has 0 spiro atoms. The monoisotopic (exact) mass is 498 g/mol. The molecule has 0 bridgehead atoms. The van der Waals surface area contributed by atoms with Gasteiger partial charge in [0.05, 0.1) is 18.0 Å². The summed E-state index contributed by atoms with van der Waals surface area (Å²) in [5.41, 5.74) is 1.96. The smallest absolute Gasteiger partial charge is 0.271 e. The standard InChI is InChI=1S/C29H27FN4O3/c30-23-7-9-25-26(19-23)37-32-29(25)21-12-15-33(16-13-21)14-3-17-36-27-10-11-28(35)34(31-27)24-8-6-20-4-1-2-5-22(20)18-24/h1-2,4-11,18-19,21H,3,12-17H2. The second-order valence-corrected chi connectivity index (χ2v) is 9.48. The van der Waals surface area contributed by atoms with Gasteiger partial charge in [0.15, 0.2) is 5.58 Å². The van der Waals surface area contributed by atoms with Gasteiger partial charge in [-0.25, -0.2) is 4.39 Å². The molecule has 6 rings (SSSR count). The number of nitrogens with zero attached hydrogens (tertiary/aromatic N) is 4. The van der Waals surface area contributed by atoms with E-state index in [0.29, 0.717) is 29.7 Å². The molecule has 0 amide bonds. The summed E-state index contributed by atoms with van der Waals surface area (Å²) in [6.45, 7) is 3.36. The van der Waals surface area contributed by atoms with Crippen LogP contribution in [0.3, 0.4) is 0 Å². The van der Waals surface area contributed by atoms with Gasteiger partial charge in [0, 0.05) is 36.0 Å². The van der Waals surface area contributed by atoms with Crippen molar-refractivity contribution in [1.29, 1.82) is 0 Å². The molecule has 1 aliphatic heterocycles. The second-order valence-electron chi connectivity index (χ2n) is 9.48. The van der Waals surface area contributed by atoms with E-state index in [1.54, 1.807) is 12.1 Å². The van der Waals surface area contributed by atoms with E-state index in [0.717, 1.165) is 60.7 Å². The van der Waals surface area contributed by atoms with E-state index in [2.05, 4.69) is 15.2 Å². The quantitative estimate of drug-likeness (QED) is 0.283. The molecule has 37 heavy (non-hydrogen) atoms. The van der Waals surface area contributed by atoms with Crippen molar-refractivity contribution in [3.05, 3.63) is 94.7 Å². The molecule has 3 heterocycles. The molecule has 0 N–H and O–H groups in total. The highest BCUT2D eigenvalue weighted by Gasteiger charge is 2.25. The van der Waals surface area contributed by atoms with E-state index in [1.807, 2.05) is 42.5 Å². The van der Waals surface area contributed by atoms with Crippen LogP contribution in [0.15, 0.2) is 82.1 Å². The lowest BCUT2D eigenvalue weighted by Crippen LogP contribution is -2.34. The van der Waals surface area contributed by atoms with Crippen molar-refractivity contribution in [2.45, 2.75) is 25.2 Å². The third-order valence-electron chi connectivity index (χ3n) is 7.06. The lowest BCUT2D eigenvalue weighted by molar-refractivity contribution is 0.189. The fourth-order valence-corrected chi connectivity index (χ4v) is 5.08. The summed E-state index contributed by atoms with van der Waals surface area (Å²) in [6.07, 6.45) is 2.82. The Kier molecular flexibility index (Phi) is 6.40. The van der Waals surface area contributed by atoms with Crippen molar-refractivity contribution >= 4 is 21.7 Å². The molecule has 0 saturated carbocycles. The number of ether oxygens (including phenoxy) is 1. The molecular weight excluding hydrogens is 471 g/mol. The third-order valence-corrected chi connectivity index (χ3v) is 7.06. The number of likely N-dealkylation sites (tertiary alicyclic amines) is 1. The van der Waals surface area contributed by atoms with Gasteiger partial charge in [0.2, 0.25) is 5.88 Å². The zero-order chi connectivity index (χ0) is 25.2. The fourth-order valence-electron chi connectivity index (χ4n) is 5.08. The molecule has 0 unspecified atom stereocenters. The largest absolute Gasteiger partial charge is 0.477 e. The van der Waals surface area contributed by atoms with Gasteiger partial charge in [-0.2, -0.15) is 4.68 Å². The first kappa shape index (κ1) is 23.4. The van der Waals surface area contributed by atoms with Crippen LogP contribution in [0, 0.1) is 5.82 Å². The summed E-state index contributed by atoms with van der Waals surface area (Å²) in [6, 6.07) is 21.6. The van der Waals surface area contributed by atoms with E-state index in [-0.39, 0.29) is 11.4 Å². The molecule has 0 aliphatic carbocycles. The van der Waals surface area contributed by atoms with Crippen LogP contribution in [0.2, 0.25) is 0 Å². The Labute approximate surface area is 213 Å².